The summed E-state index contributed by atoms with van der Waals surface area (Å²) in [7, 11) is -3.76. The second-order valence-electron chi connectivity index (χ2n) is 7.46. The van der Waals surface area contributed by atoms with Gasteiger partial charge in [0.2, 0.25) is 5.91 Å². The molecular formula is C21H23FN4O3S. The number of carbonyl (C=O) groups is 1. The second-order valence-corrected chi connectivity index (χ2v) is 9.03. The molecule has 0 saturated carbocycles. The lowest BCUT2D eigenvalue weighted by Gasteiger charge is -2.36. The first-order valence-corrected chi connectivity index (χ1v) is 11.3. The number of fused-ring (bicyclic) bond motifs is 1. The highest BCUT2D eigenvalue weighted by atomic mass is 32.2. The molecule has 7 nitrogen and oxygen atoms in total. The number of anilines is 2. The van der Waals surface area contributed by atoms with Crippen molar-refractivity contribution in [2.75, 3.05) is 36.4 Å². The highest BCUT2D eigenvalue weighted by Crippen LogP contribution is 2.29. The van der Waals surface area contributed by atoms with E-state index >= 15 is 0 Å². The van der Waals surface area contributed by atoms with Crippen LogP contribution in [-0.4, -0.2) is 51.2 Å². The van der Waals surface area contributed by atoms with Crippen molar-refractivity contribution in [3.8, 4) is 0 Å². The van der Waals surface area contributed by atoms with Gasteiger partial charge in [0.25, 0.3) is 10.0 Å². The van der Waals surface area contributed by atoms with Crippen LogP contribution in [0.2, 0.25) is 0 Å². The zero-order valence-corrected chi connectivity index (χ0v) is 17.5. The first-order valence-electron chi connectivity index (χ1n) is 9.82. The molecule has 1 N–H and O–H groups in total. The van der Waals surface area contributed by atoms with Gasteiger partial charge in [-0.1, -0.05) is 18.2 Å². The molecule has 2 aromatic rings. The lowest BCUT2D eigenvalue weighted by Crippen LogP contribution is -2.49. The fourth-order valence-corrected chi connectivity index (χ4v) is 4.89. The number of piperazine rings is 1. The van der Waals surface area contributed by atoms with Crippen molar-refractivity contribution in [3.63, 3.8) is 0 Å². The molecule has 0 spiro atoms. The van der Waals surface area contributed by atoms with Crippen LogP contribution in [0.4, 0.5) is 15.8 Å². The summed E-state index contributed by atoms with van der Waals surface area (Å²) < 4.78 is 42.5. The van der Waals surface area contributed by atoms with Gasteiger partial charge in [0.15, 0.2) is 0 Å². The van der Waals surface area contributed by atoms with Crippen molar-refractivity contribution in [2.24, 2.45) is 4.40 Å². The quantitative estimate of drug-likeness (QED) is 0.807. The SMILES string of the molecule is Cc1ccc2c(c1)NC(CCC(=O)N1CCN(c3ccccc3F)CC1)=NS2(=O)=O. The Balaban J connectivity index is 1.35. The number of sulfonamides is 1. The molecule has 0 aromatic heterocycles. The average Bonchev–Trinajstić information content (AvgIpc) is 2.71. The van der Waals surface area contributed by atoms with Crippen molar-refractivity contribution in [1.29, 1.82) is 0 Å². The average molecular weight is 431 g/mol. The predicted octanol–water partition coefficient (Wildman–Crippen LogP) is 2.78. The number of amides is 1. The smallest absolute Gasteiger partial charge is 0.286 e. The van der Waals surface area contributed by atoms with Crippen molar-refractivity contribution in [3.05, 3.63) is 53.8 Å². The minimum absolute atomic E-state index is 0.0693. The van der Waals surface area contributed by atoms with Crippen LogP contribution in [-0.2, 0) is 14.8 Å². The van der Waals surface area contributed by atoms with Crippen molar-refractivity contribution < 1.29 is 17.6 Å². The highest BCUT2D eigenvalue weighted by molar-refractivity contribution is 7.90. The summed E-state index contributed by atoms with van der Waals surface area (Å²) >= 11 is 0. The molecule has 9 heteroatoms. The zero-order chi connectivity index (χ0) is 21.3. The fourth-order valence-electron chi connectivity index (χ4n) is 3.74. The molecule has 158 valence electrons. The van der Waals surface area contributed by atoms with Crippen molar-refractivity contribution >= 4 is 33.1 Å². The molecular weight excluding hydrogens is 407 g/mol. The number of para-hydroxylation sites is 1. The maximum Gasteiger partial charge on any atom is 0.286 e. The molecule has 2 aliphatic rings. The molecule has 0 bridgehead atoms. The normalized spacial score (nSPS) is 17.7. The number of benzene rings is 2. The van der Waals surface area contributed by atoms with Gasteiger partial charge in [-0.3, -0.25) is 4.79 Å². The predicted molar refractivity (Wildman–Crippen MR) is 114 cm³/mol. The molecule has 2 heterocycles. The lowest BCUT2D eigenvalue weighted by atomic mass is 10.2. The van der Waals surface area contributed by atoms with Gasteiger partial charge in [0.1, 0.15) is 16.5 Å². The Kier molecular flexibility index (Phi) is 5.46. The van der Waals surface area contributed by atoms with E-state index in [0.717, 1.165) is 5.56 Å². The number of carbonyl (C=O) groups excluding carboxylic acids is 1. The number of aryl methyl sites for hydroxylation is 1. The number of nitrogens with one attached hydrogen (secondary N) is 1. The molecule has 4 rings (SSSR count). The Bertz CT molecular complexity index is 1110. The molecule has 30 heavy (non-hydrogen) atoms. The minimum Gasteiger partial charge on any atom is -0.366 e. The van der Waals surface area contributed by atoms with E-state index in [2.05, 4.69) is 9.71 Å². The van der Waals surface area contributed by atoms with E-state index < -0.39 is 10.0 Å². The molecule has 0 aliphatic carbocycles. The van der Waals surface area contributed by atoms with Crippen LogP contribution < -0.4 is 10.2 Å². The topological polar surface area (TPSA) is 82.1 Å². The third kappa shape index (κ3) is 4.16. The van der Waals surface area contributed by atoms with E-state index in [1.807, 2.05) is 11.8 Å². The molecule has 1 amide bonds. The maximum absolute atomic E-state index is 14.0. The molecule has 0 radical (unpaired) electrons. The summed E-state index contributed by atoms with van der Waals surface area (Å²) in [4.78, 5) is 16.4. The van der Waals surface area contributed by atoms with E-state index in [0.29, 0.717) is 37.6 Å². The molecule has 2 aliphatic heterocycles. The van der Waals surface area contributed by atoms with Crippen molar-refractivity contribution in [1.82, 2.24) is 4.90 Å². The van der Waals surface area contributed by atoms with Gasteiger partial charge < -0.3 is 15.1 Å². The summed E-state index contributed by atoms with van der Waals surface area (Å²) in [5, 5.41) is 3.04. The Hall–Kier alpha value is -2.94. The summed E-state index contributed by atoms with van der Waals surface area (Å²) in [6, 6.07) is 11.6. The van der Waals surface area contributed by atoms with Crippen LogP contribution in [0, 0.1) is 12.7 Å². The summed E-state index contributed by atoms with van der Waals surface area (Å²) in [5.74, 6) is -0.0676. The number of hydrogen-bond acceptors (Lipinski definition) is 5. The van der Waals surface area contributed by atoms with Gasteiger partial charge in [-0.25, -0.2) is 4.39 Å². The summed E-state index contributed by atoms with van der Waals surface area (Å²) in [6.45, 7) is 3.96. The largest absolute Gasteiger partial charge is 0.366 e. The number of halogens is 1. The van der Waals surface area contributed by atoms with E-state index in [9.17, 15) is 17.6 Å². The van der Waals surface area contributed by atoms with Gasteiger partial charge in [-0.2, -0.15) is 8.42 Å². The first-order chi connectivity index (χ1) is 14.3. The van der Waals surface area contributed by atoms with E-state index in [1.165, 1.54) is 12.1 Å². The monoisotopic (exact) mass is 430 g/mol. The third-order valence-electron chi connectivity index (χ3n) is 5.32. The summed E-state index contributed by atoms with van der Waals surface area (Å²) in [5.41, 5.74) is 1.97. The van der Waals surface area contributed by atoms with Gasteiger partial charge in [-0.15, -0.1) is 4.40 Å². The fraction of sp³-hybridized carbons (Fsp3) is 0.333. The van der Waals surface area contributed by atoms with E-state index in [1.54, 1.807) is 35.2 Å². The molecule has 2 aromatic carbocycles. The summed E-state index contributed by atoms with van der Waals surface area (Å²) in [6.07, 6.45) is 0.362. The number of hydrogen-bond donors (Lipinski definition) is 1. The molecule has 0 atom stereocenters. The van der Waals surface area contributed by atoms with Gasteiger partial charge in [-0.05, 0) is 36.8 Å². The lowest BCUT2D eigenvalue weighted by molar-refractivity contribution is -0.131. The van der Waals surface area contributed by atoms with E-state index in [-0.39, 0.29) is 35.3 Å². The maximum atomic E-state index is 14.0. The third-order valence-corrected chi connectivity index (χ3v) is 6.70. The molecule has 1 saturated heterocycles. The van der Waals surface area contributed by atoms with Crippen LogP contribution in [0.25, 0.3) is 0 Å². The Morgan fingerprint density at radius 1 is 1.13 bits per heavy atom. The zero-order valence-electron chi connectivity index (χ0n) is 16.6. The van der Waals surface area contributed by atoms with Gasteiger partial charge >= 0.3 is 0 Å². The van der Waals surface area contributed by atoms with Crippen LogP contribution in [0.15, 0.2) is 51.8 Å². The van der Waals surface area contributed by atoms with Crippen LogP contribution >= 0.6 is 0 Å². The first kappa shape index (κ1) is 20.3. The molecule has 0 unspecified atom stereocenters. The molecule has 1 fully saturated rings. The highest BCUT2D eigenvalue weighted by Gasteiger charge is 2.26. The number of rotatable bonds is 4. The standard InChI is InChI=1S/C21H23FN4O3S/c1-15-6-7-19-17(14-15)23-20(24-30(19,28)29)8-9-21(27)26-12-10-25(11-13-26)18-5-3-2-4-16(18)22/h2-7,14H,8-13H2,1H3,(H,23,24). The van der Waals surface area contributed by atoms with E-state index in [4.69, 9.17) is 0 Å². The Morgan fingerprint density at radius 3 is 2.60 bits per heavy atom. The Morgan fingerprint density at radius 2 is 1.87 bits per heavy atom. The second kappa shape index (κ2) is 8.06. The van der Waals surface area contributed by atoms with Crippen molar-refractivity contribution in [2.45, 2.75) is 24.7 Å². The van der Waals surface area contributed by atoms with Crippen LogP contribution in [0.1, 0.15) is 18.4 Å². The number of nitrogens with zero attached hydrogens (tertiary/aromatic N) is 3. The minimum atomic E-state index is -3.76. The number of amidine groups is 1. The van der Waals surface area contributed by atoms with Crippen LogP contribution in [0.3, 0.4) is 0 Å². The Labute approximate surface area is 175 Å². The van der Waals surface area contributed by atoms with Crippen LogP contribution in [0.5, 0.6) is 0 Å². The van der Waals surface area contributed by atoms with Gasteiger partial charge in [0.05, 0.1) is 11.4 Å². The van der Waals surface area contributed by atoms with Gasteiger partial charge in [0, 0.05) is 39.0 Å².